The van der Waals surface area contributed by atoms with Crippen LogP contribution in [0.5, 0.6) is 0 Å². The van der Waals surface area contributed by atoms with Gasteiger partial charge in [-0.05, 0) is 59.0 Å². The van der Waals surface area contributed by atoms with Crippen LogP contribution in [0.2, 0.25) is 0 Å². The Bertz CT molecular complexity index is 285. The van der Waals surface area contributed by atoms with E-state index in [9.17, 15) is 4.79 Å². The quantitative estimate of drug-likeness (QED) is 0.683. The van der Waals surface area contributed by atoms with Crippen molar-refractivity contribution < 1.29 is 4.79 Å². The number of carbonyl (C=O) groups is 1. The number of hydrogen-bond acceptors (Lipinski definition) is 2. The first kappa shape index (κ1) is 14.4. The lowest BCUT2D eigenvalue weighted by Crippen LogP contribution is -2.53. The minimum Gasteiger partial charge on any atom is -0.298 e. The van der Waals surface area contributed by atoms with Crippen LogP contribution in [0.4, 0.5) is 0 Å². The van der Waals surface area contributed by atoms with Crippen LogP contribution in [0.15, 0.2) is 12.2 Å². The average Bonchev–Trinajstić information content (AvgIpc) is 2.26. The van der Waals surface area contributed by atoms with E-state index >= 15 is 0 Å². The molecule has 0 bridgehead atoms. The third kappa shape index (κ3) is 3.41. The van der Waals surface area contributed by atoms with Gasteiger partial charge >= 0.3 is 0 Å². The fourth-order valence-corrected chi connectivity index (χ4v) is 2.77. The van der Waals surface area contributed by atoms with E-state index in [-0.39, 0.29) is 5.54 Å². The molecule has 1 aliphatic carbocycles. The summed E-state index contributed by atoms with van der Waals surface area (Å²) in [6.07, 6.45) is 5.90. The van der Waals surface area contributed by atoms with Crippen molar-refractivity contribution in [3.63, 3.8) is 0 Å². The van der Waals surface area contributed by atoms with E-state index in [2.05, 4.69) is 32.5 Å². The number of carbonyl (C=O) groups excluding carboxylic acids is 1. The number of allylic oxidation sites excluding steroid dienone is 1. The van der Waals surface area contributed by atoms with Crippen molar-refractivity contribution in [1.82, 2.24) is 4.90 Å². The normalized spacial score (nSPS) is 29.4. The Balaban J connectivity index is 2.71. The largest absolute Gasteiger partial charge is 0.298 e. The maximum atomic E-state index is 12.5. The monoisotopic (exact) mass is 237 g/mol. The summed E-state index contributed by atoms with van der Waals surface area (Å²) in [5, 5.41) is 0. The van der Waals surface area contributed by atoms with Crippen molar-refractivity contribution >= 4 is 5.78 Å². The molecule has 98 valence electrons. The Morgan fingerprint density at radius 1 is 1.29 bits per heavy atom. The van der Waals surface area contributed by atoms with Gasteiger partial charge in [0.25, 0.3) is 0 Å². The second-order valence-electron chi connectivity index (χ2n) is 5.99. The highest BCUT2D eigenvalue weighted by atomic mass is 16.1. The fourth-order valence-electron chi connectivity index (χ4n) is 2.77. The lowest BCUT2D eigenvalue weighted by molar-refractivity contribution is -0.132. The Hall–Kier alpha value is -0.630. The zero-order valence-corrected chi connectivity index (χ0v) is 11.9. The number of ketones is 1. The molecule has 0 saturated heterocycles. The van der Waals surface area contributed by atoms with Crippen LogP contribution in [0.3, 0.4) is 0 Å². The van der Waals surface area contributed by atoms with Gasteiger partial charge in [-0.25, -0.2) is 0 Å². The van der Waals surface area contributed by atoms with Gasteiger partial charge in [0.15, 0.2) is 5.78 Å². The molecule has 0 atom stereocenters. The molecular weight excluding hydrogens is 210 g/mol. The molecule has 1 saturated carbocycles. The van der Waals surface area contributed by atoms with Crippen molar-refractivity contribution in [2.24, 2.45) is 5.92 Å². The number of rotatable bonds is 5. The zero-order chi connectivity index (χ0) is 13.1. The molecule has 2 nitrogen and oxygen atoms in total. The molecule has 17 heavy (non-hydrogen) atoms. The van der Waals surface area contributed by atoms with Gasteiger partial charge in [0, 0.05) is 6.42 Å². The Labute approximate surface area is 106 Å². The highest BCUT2D eigenvalue weighted by Crippen LogP contribution is 2.37. The van der Waals surface area contributed by atoms with E-state index in [1.54, 1.807) is 0 Å². The maximum absolute atomic E-state index is 12.5. The van der Waals surface area contributed by atoms with Gasteiger partial charge in [0.1, 0.15) is 0 Å². The van der Waals surface area contributed by atoms with E-state index in [4.69, 9.17) is 0 Å². The Morgan fingerprint density at radius 2 is 1.82 bits per heavy atom. The molecule has 0 N–H and O–H groups in total. The van der Waals surface area contributed by atoms with Gasteiger partial charge in [-0.2, -0.15) is 0 Å². The molecule has 0 spiro atoms. The van der Waals surface area contributed by atoms with Crippen LogP contribution in [-0.4, -0.2) is 30.3 Å². The molecule has 0 amide bonds. The number of nitrogens with zero attached hydrogens (tertiary/aromatic N) is 1. The van der Waals surface area contributed by atoms with Gasteiger partial charge in [-0.15, -0.1) is 6.58 Å². The predicted octanol–water partition coefficient (Wildman–Crippen LogP) is 3.42. The molecule has 2 heteroatoms. The van der Waals surface area contributed by atoms with E-state index in [0.29, 0.717) is 12.2 Å². The van der Waals surface area contributed by atoms with Gasteiger partial charge in [0.05, 0.1) is 5.54 Å². The summed E-state index contributed by atoms with van der Waals surface area (Å²) in [7, 11) is 4.10. The fraction of sp³-hybridized carbons (Fsp3) is 0.800. The standard InChI is InChI=1S/C15H27NO/c1-12(2)6-7-14(17)15(16(4)5)10-8-13(3)9-11-15/h13H,1,6-11H2,2-5H3. The number of likely N-dealkylation sites (N-methyl/N-ethyl adjacent to an activating group) is 1. The van der Waals surface area contributed by atoms with Crippen LogP contribution < -0.4 is 0 Å². The second-order valence-corrected chi connectivity index (χ2v) is 5.99. The molecule has 1 fully saturated rings. The van der Waals surface area contributed by atoms with Crippen LogP contribution in [0, 0.1) is 5.92 Å². The Kier molecular flexibility index (Phi) is 4.93. The van der Waals surface area contributed by atoms with Crippen LogP contribution in [-0.2, 0) is 4.79 Å². The summed E-state index contributed by atoms with van der Waals surface area (Å²) >= 11 is 0. The highest BCUT2D eigenvalue weighted by Gasteiger charge is 2.41. The Morgan fingerprint density at radius 3 is 2.24 bits per heavy atom. The topological polar surface area (TPSA) is 20.3 Å². The lowest BCUT2D eigenvalue weighted by atomic mass is 9.73. The number of hydrogen-bond donors (Lipinski definition) is 0. The van der Waals surface area contributed by atoms with Gasteiger partial charge < -0.3 is 0 Å². The molecule has 0 aromatic heterocycles. The minimum absolute atomic E-state index is 0.192. The highest BCUT2D eigenvalue weighted by molar-refractivity contribution is 5.88. The smallest absolute Gasteiger partial charge is 0.153 e. The lowest BCUT2D eigenvalue weighted by Gasteiger charge is -2.43. The summed E-state index contributed by atoms with van der Waals surface area (Å²) < 4.78 is 0. The molecular formula is C15H27NO. The third-order valence-corrected chi connectivity index (χ3v) is 4.26. The van der Waals surface area contributed by atoms with Gasteiger partial charge in [0.2, 0.25) is 0 Å². The molecule has 0 aromatic carbocycles. The van der Waals surface area contributed by atoms with Gasteiger partial charge in [-0.3, -0.25) is 9.69 Å². The summed E-state index contributed by atoms with van der Waals surface area (Å²) in [4.78, 5) is 14.6. The van der Waals surface area contributed by atoms with Crippen molar-refractivity contribution in [2.75, 3.05) is 14.1 Å². The first-order valence-corrected chi connectivity index (χ1v) is 6.73. The van der Waals surface area contributed by atoms with Crippen molar-refractivity contribution in [2.45, 2.75) is 57.9 Å². The van der Waals surface area contributed by atoms with E-state index in [0.717, 1.165) is 30.8 Å². The second kappa shape index (κ2) is 5.81. The minimum atomic E-state index is -0.192. The summed E-state index contributed by atoms with van der Waals surface area (Å²) in [6, 6.07) is 0. The van der Waals surface area contributed by atoms with E-state index < -0.39 is 0 Å². The third-order valence-electron chi connectivity index (χ3n) is 4.26. The SMILES string of the molecule is C=C(C)CCC(=O)C1(N(C)C)CCC(C)CC1. The molecule has 0 heterocycles. The molecule has 0 aromatic rings. The first-order chi connectivity index (χ1) is 7.88. The average molecular weight is 237 g/mol. The molecule has 0 unspecified atom stereocenters. The summed E-state index contributed by atoms with van der Waals surface area (Å²) in [5.74, 6) is 1.19. The zero-order valence-electron chi connectivity index (χ0n) is 11.9. The number of Topliss-reactive ketones (excluding diaryl/α,β-unsaturated/α-hetero) is 1. The van der Waals surface area contributed by atoms with Crippen LogP contribution in [0.25, 0.3) is 0 Å². The maximum Gasteiger partial charge on any atom is 0.153 e. The van der Waals surface area contributed by atoms with Crippen LogP contribution >= 0.6 is 0 Å². The molecule has 0 aliphatic heterocycles. The molecule has 1 rings (SSSR count). The van der Waals surface area contributed by atoms with Crippen molar-refractivity contribution in [3.8, 4) is 0 Å². The van der Waals surface area contributed by atoms with Gasteiger partial charge in [-0.1, -0.05) is 12.5 Å². The summed E-state index contributed by atoms with van der Waals surface area (Å²) in [6.45, 7) is 8.17. The van der Waals surface area contributed by atoms with Crippen LogP contribution in [0.1, 0.15) is 52.4 Å². The molecule has 1 aliphatic rings. The van der Waals surface area contributed by atoms with Crippen molar-refractivity contribution in [1.29, 1.82) is 0 Å². The molecule has 0 radical (unpaired) electrons. The first-order valence-electron chi connectivity index (χ1n) is 6.73. The van der Waals surface area contributed by atoms with Crippen molar-refractivity contribution in [3.05, 3.63) is 12.2 Å². The van der Waals surface area contributed by atoms with E-state index in [1.165, 1.54) is 12.8 Å². The predicted molar refractivity (Wildman–Crippen MR) is 73.1 cm³/mol. The van der Waals surface area contributed by atoms with E-state index in [1.807, 2.05) is 6.92 Å². The summed E-state index contributed by atoms with van der Waals surface area (Å²) in [5.41, 5.74) is 0.915.